The molecule has 0 saturated carbocycles. The van der Waals surface area contributed by atoms with E-state index in [1.54, 1.807) is 30.3 Å². The molecule has 1 atom stereocenters. The summed E-state index contributed by atoms with van der Waals surface area (Å²) in [5, 5.41) is 11.3. The average Bonchev–Trinajstić information content (AvgIpc) is 3.09. The summed E-state index contributed by atoms with van der Waals surface area (Å²) in [6.07, 6.45) is -1.06. The third kappa shape index (κ3) is 3.87. The zero-order chi connectivity index (χ0) is 23.7. The highest BCUT2D eigenvalue weighted by Gasteiger charge is 2.42. The zero-order valence-electron chi connectivity index (χ0n) is 17.3. The molecular weight excluding hydrogens is 428 g/mol. The van der Waals surface area contributed by atoms with E-state index in [2.05, 4.69) is 0 Å². The van der Waals surface area contributed by atoms with Crippen molar-refractivity contribution in [3.63, 3.8) is 0 Å². The molecule has 9 heteroatoms. The number of ether oxygens (including phenoxy) is 1. The minimum Gasteiger partial charge on any atom is -0.451 e. The number of fused-ring (bicyclic) bond motifs is 1. The molecular formula is C24H16N2O7. The first kappa shape index (κ1) is 21.6. The Kier molecular flexibility index (Phi) is 5.53. The molecule has 9 nitrogen and oxygen atoms in total. The Bertz CT molecular complexity index is 1320. The van der Waals surface area contributed by atoms with Gasteiger partial charge in [0.1, 0.15) is 5.56 Å². The van der Waals surface area contributed by atoms with Gasteiger partial charge in [-0.2, -0.15) is 0 Å². The number of hydrogen-bond acceptors (Lipinski definition) is 7. The molecule has 1 aliphatic rings. The Morgan fingerprint density at radius 2 is 1.58 bits per heavy atom. The number of imide groups is 1. The summed E-state index contributed by atoms with van der Waals surface area (Å²) in [6, 6.07) is 17.7. The first-order chi connectivity index (χ1) is 15.8. The zero-order valence-corrected chi connectivity index (χ0v) is 17.3. The Balaban J connectivity index is 1.58. The van der Waals surface area contributed by atoms with Crippen LogP contribution in [0.15, 0.2) is 72.8 Å². The highest BCUT2D eigenvalue weighted by Crippen LogP contribution is 2.34. The molecule has 0 fully saturated rings. The lowest BCUT2D eigenvalue weighted by Crippen LogP contribution is -2.30. The number of Topliss-reactive ketones (excluding diaryl/α,β-unsaturated/α-hetero) is 1. The molecule has 0 N–H and O–H groups in total. The second-order valence-electron chi connectivity index (χ2n) is 7.23. The summed E-state index contributed by atoms with van der Waals surface area (Å²) in [6.45, 7) is 1.44. The fraction of sp³-hybridized carbons (Fsp3) is 0.0833. The maximum absolute atomic E-state index is 12.9. The number of carbonyl (C=O) groups is 4. The van der Waals surface area contributed by atoms with E-state index in [9.17, 15) is 29.3 Å². The molecule has 3 aromatic carbocycles. The van der Waals surface area contributed by atoms with E-state index < -0.39 is 34.5 Å². The van der Waals surface area contributed by atoms with Gasteiger partial charge in [0.05, 0.1) is 21.7 Å². The van der Waals surface area contributed by atoms with Gasteiger partial charge in [-0.25, -0.2) is 9.69 Å². The molecule has 0 unspecified atom stereocenters. The lowest BCUT2D eigenvalue weighted by atomic mass is 10.1. The fourth-order valence-corrected chi connectivity index (χ4v) is 3.55. The number of esters is 1. The topological polar surface area (TPSA) is 124 Å². The quantitative estimate of drug-likeness (QED) is 0.186. The van der Waals surface area contributed by atoms with Crippen LogP contribution in [0.3, 0.4) is 0 Å². The number of anilines is 1. The molecule has 0 radical (unpaired) electrons. The van der Waals surface area contributed by atoms with Gasteiger partial charge in [0, 0.05) is 11.6 Å². The SMILES string of the molecule is C[C@H](OC(=O)c1cccc(N2C(=O)c3cccc([N+](=O)[O-])c3C2=O)c1)C(=O)c1ccccc1. The summed E-state index contributed by atoms with van der Waals surface area (Å²) < 4.78 is 5.27. The third-order valence-electron chi connectivity index (χ3n) is 5.14. The molecule has 0 saturated heterocycles. The first-order valence-corrected chi connectivity index (χ1v) is 9.86. The van der Waals surface area contributed by atoms with Crippen molar-refractivity contribution >= 4 is 34.9 Å². The van der Waals surface area contributed by atoms with Gasteiger partial charge >= 0.3 is 5.97 Å². The highest BCUT2D eigenvalue weighted by atomic mass is 16.6. The first-order valence-electron chi connectivity index (χ1n) is 9.86. The van der Waals surface area contributed by atoms with Crippen molar-refractivity contribution in [2.24, 2.45) is 0 Å². The summed E-state index contributed by atoms with van der Waals surface area (Å²) in [4.78, 5) is 62.1. The van der Waals surface area contributed by atoms with Crippen LogP contribution in [0.5, 0.6) is 0 Å². The van der Waals surface area contributed by atoms with Crippen molar-refractivity contribution < 1.29 is 28.8 Å². The second-order valence-corrected chi connectivity index (χ2v) is 7.23. The second kappa shape index (κ2) is 8.46. The summed E-state index contributed by atoms with van der Waals surface area (Å²) in [7, 11) is 0. The van der Waals surface area contributed by atoms with Crippen LogP contribution in [0.1, 0.15) is 48.4 Å². The Hall–Kier alpha value is -4.66. The van der Waals surface area contributed by atoms with Gasteiger partial charge in [-0.05, 0) is 31.2 Å². The number of hydrogen-bond donors (Lipinski definition) is 0. The Morgan fingerprint density at radius 3 is 2.27 bits per heavy atom. The van der Waals surface area contributed by atoms with Crippen LogP contribution in [0.2, 0.25) is 0 Å². The molecule has 0 spiro atoms. The van der Waals surface area contributed by atoms with Crippen LogP contribution in [0.25, 0.3) is 0 Å². The number of carbonyl (C=O) groups excluding carboxylic acids is 4. The van der Waals surface area contributed by atoms with Crippen LogP contribution in [0.4, 0.5) is 11.4 Å². The van der Waals surface area contributed by atoms with Crippen molar-refractivity contribution in [3.05, 3.63) is 105 Å². The Labute approximate surface area is 187 Å². The highest BCUT2D eigenvalue weighted by molar-refractivity contribution is 6.35. The molecule has 0 bridgehead atoms. The molecule has 1 aliphatic heterocycles. The monoisotopic (exact) mass is 444 g/mol. The van der Waals surface area contributed by atoms with E-state index in [1.165, 1.54) is 43.3 Å². The molecule has 33 heavy (non-hydrogen) atoms. The minimum atomic E-state index is -1.06. The number of nitro benzene ring substituents is 1. The van der Waals surface area contributed by atoms with Crippen molar-refractivity contribution in [2.75, 3.05) is 4.90 Å². The number of nitrogens with zero attached hydrogens (tertiary/aromatic N) is 2. The Morgan fingerprint density at radius 1 is 0.909 bits per heavy atom. The largest absolute Gasteiger partial charge is 0.451 e. The lowest BCUT2D eigenvalue weighted by molar-refractivity contribution is -0.385. The normalized spacial score (nSPS) is 13.4. The molecule has 2 amide bonds. The maximum Gasteiger partial charge on any atom is 0.338 e. The van der Waals surface area contributed by atoms with Gasteiger partial charge in [-0.15, -0.1) is 0 Å². The van der Waals surface area contributed by atoms with Crippen LogP contribution in [-0.2, 0) is 4.74 Å². The van der Waals surface area contributed by atoms with E-state index >= 15 is 0 Å². The molecule has 4 rings (SSSR count). The molecule has 164 valence electrons. The van der Waals surface area contributed by atoms with Gasteiger partial charge in [-0.1, -0.05) is 42.5 Å². The molecule has 0 aliphatic carbocycles. The average molecular weight is 444 g/mol. The van der Waals surface area contributed by atoms with Gasteiger partial charge in [-0.3, -0.25) is 24.5 Å². The lowest BCUT2D eigenvalue weighted by Gasteiger charge is -2.16. The van der Waals surface area contributed by atoms with Crippen molar-refractivity contribution in [2.45, 2.75) is 13.0 Å². The number of nitro groups is 1. The predicted molar refractivity (Wildman–Crippen MR) is 116 cm³/mol. The maximum atomic E-state index is 12.9. The number of benzene rings is 3. The van der Waals surface area contributed by atoms with Crippen LogP contribution in [0, 0.1) is 10.1 Å². The smallest absolute Gasteiger partial charge is 0.338 e. The van der Waals surface area contributed by atoms with Crippen LogP contribution in [-0.4, -0.2) is 34.6 Å². The summed E-state index contributed by atoms with van der Waals surface area (Å²) in [5.41, 5.74) is -0.429. The summed E-state index contributed by atoms with van der Waals surface area (Å²) in [5.74, 6) is -2.80. The minimum absolute atomic E-state index is 0.00580. The predicted octanol–water partition coefficient (Wildman–Crippen LogP) is 3.82. The van der Waals surface area contributed by atoms with E-state index in [0.717, 1.165) is 11.0 Å². The van der Waals surface area contributed by atoms with Crippen molar-refractivity contribution in [3.8, 4) is 0 Å². The number of amides is 2. The van der Waals surface area contributed by atoms with E-state index in [-0.39, 0.29) is 28.2 Å². The number of ketones is 1. The standard InChI is InChI=1S/C24H16N2O7/c1-14(21(27)15-7-3-2-4-8-15)33-24(30)16-9-5-10-17(13-16)25-22(28)18-11-6-12-19(26(31)32)20(18)23(25)29/h2-14H,1H3/t14-/m0/s1. The van der Waals surface area contributed by atoms with Gasteiger partial charge in [0.2, 0.25) is 5.78 Å². The van der Waals surface area contributed by atoms with E-state index in [4.69, 9.17) is 4.74 Å². The van der Waals surface area contributed by atoms with E-state index in [0.29, 0.717) is 5.56 Å². The molecule has 0 aromatic heterocycles. The fourth-order valence-electron chi connectivity index (χ4n) is 3.55. The van der Waals surface area contributed by atoms with Crippen molar-refractivity contribution in [1.82, 2.24) is 0 Å². The van der Waals surface area contributed by atoms with E-state index in [1.807, 2.05) is 0 Å². The summed E-state index contributed by atoms with van der Waals surface area (Å²) >= 11 is 0. The van der Waals surface area contributed by atoms with Gasteiger partial charge in [0.15, 0.2) is 6.10 Å². The van der Waals surface area contributed by atoms with Crippen LogP contribution >= 0.6 is 0 Å². The number of rotatable bonds is 6. The van der Waals surface area contributed by atoms with Gasteiger partial charge < -0.3 is 4.74 Å². The van der Waals surface area contributed by atoms with Crippen molar-refractivity contribution in [1.29, 1.82) is 0 Å². The molecule has 3 aromatic rings. The molecule has 1 heterocycles. The van der Waals surface area contributed by atoms with Crippen LogP contribution < -0.4 is 4.90 Å². The third-order valence-corrected chi connectivity index (χ3v) is 5.14. The van der Waals surface area contributed by atoms with Gasteiger partial charge in [0.25, 0.3) is 17.5 Å².